The first-order valence-electron chi connectivity index (χ1n) is 9.08. The lowest BCUT2D eigenvalue weighted by atomic mass is 10.2. The van der Waals surface area contributed by atoms with E-state index in [2.05, 4.69) is 15.4 Å². The molecule has 0 bridgehead atoms. The number of carbonyl (C=O) groups excluding carboxylic acids is 2. The van der Waals surface area contributed by atoms with Crippen LogP contribution in [0.25, 0.3) is 11.8 Å². The topological polar surface area (TPSA) is 95.3 Å². The molecule has 0 aliphatic heterocycles. The Kier molecular flexibility index (Phi) is 7.18. The van der Waals surface area contributed by atoms with Crippen LogP contribution in [0.15, 0.2) is 61.2 Å². The average Bonchev–Trinajstić information content (AvgIpc) is 3.26. The summed E-state index contributed by atoms with van der Waals surface area (Å²) in [5, 5.41) is 7.13. The molecule has 0 aliphatic carbocycles. The van der Waals surface area contributed by atoms with E-state index < -0.39 is 18.5 Å². The van der Waals surface area contributed by atoms with Gasteiger partial charge in [-0.05, 0) is 37.3 Å². The van der Waals surface area contributed by atoms with Crippen LogP contribution < -0.4 is 10.1 Å². The molecular weight excluding hydrogens is 408 g/mol. The second-order valence-corrected chi connectivity index (χ2v) is 6.40. The van der Waals surface area contributed by atoms with Crippen molar-refractivity contribution in [3.8, 4) is 11.4 Å². The van der Waals surface area contributed by atoms with Gasteiger partial charge in [0.1, 0.15) is 18.4 Å². The highest BCUT2D eigenvalue weighted by molar-refractivity contribution is 6.31. The Hall–Kier alpha value is -3.65. The molecule has 0 fully saturated rings. The zero-order chi connectivity index (χ0) is 21.3. The van der Waals surface area contributed by atoms with E-state index in [1.165, 1.54) is 23.4 Å². The molecule has 3 aromatic rings. The van der Waals surface area contributed by atoms with E-state index >= 15 is 0 Å². The minimum atomic E-state index is -0.654. The third kappa shape index (κ3) is 5.68. The molecule has 0 saturated heterocycles. The van der Waals surface area contributed by atoms with Crippen LogP contribution in [-0.4, -0.2) is 39.9 Å². The van der Waals surface area contributed by atoms with Crippen molar-refractivity contribution in [2.45, 2.75) is 6.92 Å². The number of nitrogens with zero attached hydrogens (tertiary/aromatic N) is 3. The van der Waals surface area contributed by atoms with Gasteiger partial charge in [0.05, 0.1) is 18.0 Å². The predicted molar refractivity (Wildman–Crippen MR) is 113 cm³/mol. The fourth-order valence-electron chi connectivity index (χ4n) is 2.57. The van der Waals surface area contributed by atoms with E-state index in [1.807, 2.05) is 25.1 Å². The molecule has 1 aromatic heterocycles. The number of hydrogen-bond acceptors (Lipinski definition) is 6. The summed E-state index contributed by atoms with van der Waals surface area (Å²) in [4.78, 5) is 28.1. The zero-order valence-corrected chi connectivity index (χ0v) is 16.9. The van der Waals surface area contributed by atoms with Crippen LogP contribution >= 0.6 is 11.6 Å². The molecule has 0 unspecified atom stereocenters. The molecule has 30 heavy (non-hydrogen) atoms. The summed E-state index contributed by atoms with van der Waals surface area (Å²) < 4.78 is 12.0. The van der Waals surface area contributed by atoms with E-state index in [4.69, 9.17) is 21.1 Å². The lowest BCUT2D eigenvalue weighted by Crippen LogP contribution is -2.21. The van der Waals surface area contributed by atoms with Crippen molar-refractivity contribution in [3.63, 3.8) is 0 Å². The van der Waals surface area contributed by atoms with Gasteiger partial charge < -0.3 is 14.8 Å². The first-order valence-corrected chi connectivity index (χ1v) is 9.45. The molecule has 0 atom stereocenters. The van der Waals surface area contributed by atoms with Crippen molar-refractivity contribution in [2.75, 3.05) is 18.5 Å². The molecule has 1 heterocycles. The second-order valence-electron chi connectivity index (χ2n) is 5.96. The van der Waals surface area contributed by atoms with Gasteiger partial charge >= 0.3 is 5.97 Å². The summed E-state index contributed by atoms with van der Waals surface area (Å²) >= 11 is 6.02. The number of amides is 1. The number of benzene rings is 2. The number of anilines is 1. The molecule has 154 valence electrons. The van der Waals surface area contributed by atoms with Crippen molar-refractivity contribution in [1.29, 1.82) is 0 Å². The Morgan fingerprint density at radius 2 is 2.07 bits per heavy atom. The van der Waals surface area contributed by atoms with Gasteiger partial charge in [-0.15, -0.1) is 0 Å². The molecule has 3 rings (SSSR count). The minimum absolute atomic E-state index is 0.412. The number of esters is 1. The summed E-state index contributed by atoms with van der Waals surface area (Å²) in [7, 11) is 0. The predicted octanol–water partition coefficient (Wildman–Crippen LogP) is 3.51. The van der Waals surface area contributed by atoms with E-state index in [1.54, 1.807) is 30.3 Å². The Morgan fingerprint density at radius 3 is 2.83 bits per heavy atom. The van der Waals surface area contributed by atoms with E-state index in [9.17, 15) is 9.59 Å². The fourth-order valence-corrected chi connectivity index (χ4v) is 2.75. The number of halogens is 1. The van der Waals surface area contributed by atoms with Crippen LogP contribution in [0.5, 0.6) is 5.75 Å². The molecule has 1 N–H and O–H groups in total. The fraction of sp³-hybridized carbons (Fsp3) is 0.143. The number of para-hydroxylation sites is 1. The quantitative estimate of drug-likeness (QED) is 0.437. The van der Waals surface area contributed by atoms with Crippen molar-refractivity contribution >= 4 is 35.2 Å². The third-order valence-electron chi connectivity index (χ3n) is 3.86. The van der Waals surface area contributed by atoms with Gasteiger partial charge in [0.2, 0.25) is 0 Å². The van der Waals surface area contributed by atoms with Crippen molar-refractivity contribution < 1.29 is 19.1 Å². The third-order valence-corrected chi connectivity index (χ3v) is 4.10. The van der Waals surface area contributed by atoms with Crippen LogP contribution in [0, 0.1) is 0 Å². The first-order chi connectivity index (χ1) is 14.6. The normalized spacial score (nSPS) is 10.7. The van der Waals surface area contributed by atoms with Crippen LogP contribution in [0.1, 0.15) is 12.5 Å². The lowest BCUT2D eigenvalue weighted by molar-refractivity contribution is -0.142. The van der Waals surface area contributed by atoms with Crippen LogP contribution in [0.3, 0.4) is 0 Å². The number of hydrogen-bond donors (Lipinski definition) is 1. The molecular formula is C21H19ClN4O4. The smallest absolute Gasteiger partial charge is 0.331 e. The average molecular weight is 427 g/mol. The van der Waals surface area contributed by atoms with E-state index in [-0.39, 0.29) is 0 Å². The van der Waals surface area contributed by atoms with E-state index in [0.29, 0.717) is 28.8 Å². The monoisotopic (exact) mass is 426 g/mol. The Labute approximate surface area is 178 Å². The standard InChI is InChI=1S/C21H19ClN4O4/c1-2-29-19-6-4-3-5-15(19)7-10-21(28)30-12-20(27)25-17-11-16(22)8-9-18(17)26-14-23-13-24-26/h3-11,13-14H,2,12H2,1H3,(H,25,27)/b10-7+. The van der Waals surface area contributed by atoms with Crippen molar-refractivity contribution in [1.82, 2.24) is 14.8 Å². The van der Waals surface area contributed by atoms with Gasteiger partial charge in [0.25, 0.3) is 5.91 Å². The minimum Gasteiger partial charge on any atom is -0.493 e. The summed E-state index contributed by atoms with van der Waals surface area (Å²) in [5.74, 6) is -0.516. The van der Waals surface area contributed by atoms with Gasteiger partial charge in [0.15, 0.2) is 6.61 Å². The van der Waals surface area contributed by atoms with Crippen molar-refractivity contribution in [2.24, 2.45) is 0 Å². The first kappa shape index (κ1) is 21.1. The molecule has 0 spiro atoms. The summed E-state index contributed by atoms with van der Waals surface area (Å²) in [6.45, 7) is 1.93. The highest BCUT2D eigenvalue weighted by Crippen LogP contribution is 2.24. The molecule has 9 heteroatoms. The summed E-state index contributed by atoms with van der Waals surface area (Å²) in [6.07, 6.45) is 5.68. The van der Waals surface area contributed by atoms with Gasteiger partial charge in [-0.3, -0.25) is 4.79 Å². The Bertz CT molecular complexity index is 1050. The molecule has 2 aromatic carbocycles. The van der Waals surface area contributed by atoms with Gasteiger partial charge in [0, 0.05) is 16.7 Å². The van der Waals surface area contributed by atoms with Crippen LogP contribution in [0.2, 0.25) is 5.02 Å². The Morgan fingerprint density at radius 1 is 1.23 bits per heavy atom. The maximum absolute atomic E-state index is 12.2. The highest BCUT2D eigenvalue weighted by Gasteiger charge is 2.11. The molecule has 8 nitrogen and oxygen atoms in total. The van der Waals surface area contributed by atoms with Crippen molar-refractivity contribution in [3.05, 3.63) is 71.8 Å². The molecule has 1 amide bonds. The number of rotatable bonds is 8. The van der Waals surface area contributed by atoms with Crippen LogP contribution in [0.4, 0.5) is 5.69 Å². The number of nitrogens with one attached hydrogen (secondary N) is 1. The van der Waals surface area contributed by atoms with Gasteiger partial charge in [-0.1, -0.05) is 29.8 Å². The Balaban J connectivity index is 1.59. The number of carbonyl (C=O) groups is 2. The zero-order valence-electron chi connectivity index (χ0n) is 16.1. The maximum Gasteiger partial charge on any atom is 0.331 e. The largest absolute Gasteiger partial charge is 0.493 e. The molecule has 0 aliphatic rings. The number of aromatic nitrogens is 3. The molecule has 0 saturated carbocycles. The summed E-state index contributed by atoms with van der Waals surface area (Å²) in [6, 6.07) is 12.2. The van der Waals surface area contributed by atoms with Gasteiger partial charge in [-0.2, -0.15) is 5.10 Å². The molecule has 0 radical (unpaired) electrons. The summed E-state index contributed by atoms with van der Waals surface area (Å²) in [5.41, 5.74) is 1.72. The number of ether oxygens (including phenoxy) is 2. The maximum atomic E-state index is 12.2. The highest BCUT2D eigenvalue weighted by atomic mass is 35.5. The van der Waals surface area contributed by atoms with Gasteiger partial charge in [-0.25, -0.2) is 14.5 Å². The second kappa shape index (κ2) is 10.2. The van der Waals surface area contributed by atoms with Crippen LogP contribution in [-0.2, 0) is 14.3 Å². The SMILES string of the molecule is CCOc1ccccc1/C=C/C(=O)OCC(=O)Nc1cc(Cl)ccc1-n1cncn1. The van der Waals surface area contributed by atoms with E-state index in [0.717, 1.165) is 5.56 Å². The lowest BCUT2D eigenvalue weighted by Gasteiger charge is -2.11.